The summed E-state index contributed by atoms with van der Waals surface area (Å²) in [4.78, 5) is 26.6. The van der Waals surface area contributed by atoms with Gasteiger partial charge in [0.05, 0.1) is 11.6 Å². The molecule has 0 spiro atoms. The van der Waals surface area contributed by atoms with Crippen molar-refractivity contribution >= 4 is 29.1 Å². The van der Waals surface area contributed by atoms with Crippen molar-refractivity contribution in [3.05, 3.63) is 64.7 Å². The Labute approximate surface area is 154 Å². The van der Waals surface area contributed by atoms with Gasteiger partial charge in [-0.25, -0.2) is 8.78 Å². The maximum atomic E-state index is 13.7. The molecule has 2 amide bonds. The first-order chi connectivity index (χ1) is 12.4. The predicted octanol–water partition coefficient (Wildman–Crippen LogP) is 4.11. The van der Waals surface area contributed by atoms with Crippen LogP contribution in [-0.4, -0.2) is 29.8 Å². The number of anilines is 1. The van der Waals surface area contributed by atoms with Gasteiger partial charge >= 0.3 is 0 Å². The number of hydrogen-bond acceptors (Lipinski definition) is 2. The number of nitrogens with one attached hydrogen (secondary N) is 1. The monoisotopic (exact) mass is 378 g/mol. The van der Waals surface area contributed by atoms with E-state index in [0.29, 0.717) is 30.0 Å². The van der Waals surface area contributed by atoms with Crippen LogP contribution in [0, 0.1) is 17.6 Å². The first kappa shape index (κ1) is 18.3. The van der Waals surface area contributed by atoms with E-state index in [9.17, 15) is 18.4 Å². The molecule has 2 aromatic carbocycles. The molecule has 1 aliphatic rings. The SMILES string of the molecule is O=C(Nc1cc(F)ccc1F)[C@H]1CCCN(C(=O)c2ccc(Cl)cc2)C1. The molecule has 0 saturated carbocycles. The van der Waals surface area contributed by atoms with Crippen molar-refractivity contribution < 1.29 is 18.4 Å². The number of amides is 2. The molecule has 136 valence electrons. The highest BCUT2D eigenvalue weighted by Crippen LogP contribution is 2.22. The third-order valence-corrected chi connectivity index (χ3v) is 4.61. The molecule has 2 aromatic rings. The molecule has 1 heterocycles. The minimum Gasteiger partial charge on any atom is -0.338 e. The first-order valence-corrected chi connectivity index (χ1v) is 8.62. The topological polar surface area (TPSA) is 49.4 Å². The molecule has 26 heavy (non-hydrogen) atoms. The second-order valence-corrected chi connectivity index (χ2v) is 6.65. The summed E-state index contributed by atoms with van der Waals surface area (Å²) in [7, 11) is 0. The van der Waals surface area contributed by atoms with E-state index >= 15 is 0 Å². The predicted molar refractivity (Wildman–Crippen MR) is 95.1 cm³/mol. The number of rotatable bonds is 3. The van der Waals surface area contributed by atoms with E-state index in [1.165, 1.54) is 0 Å². The Balaban J connectivity index is 1.67. The maximum Gasteiger partial charge on any atom is 0.253 e. The van der Waals surface area contributed by atoms with Crippen LogP contribution < -0.4 is 5.32 Å². The van der Waals surface area contributed by atoms with Gasteiger partial charge in [0, 0.05) is 29.7 Å². The average Bonchev–Trinajstić information content (AvgIpc) is 2.65. The van der Waals surface area contributed by atoms with Crippen molar-refractivity contribution in [3.63, 3.8) is 0 Å². The summed E-state index contributed by atoms with van der Waals surface area (Å²) < 4.78 is 26.9. The van der Waals surface area contributed by atoms with E-state index in [1.807, 2.05) is 0 Å². The van der Waals surface area contributed by atoms with Gasteiger partial charge in [-0.3, -0.25) is 9.59 Å². The Bertz CT molecular complexity index is 827. The van der Waals surface area contributed by atoms with Crippen LogP contribution in [0.25, 0.3) is 0 Å². The van der Waals surface area contributed by atoms with Crippen LogP contribution >= 0.6 is 11.6 Å². The van der Waals surface area contributed by atoms with Gasteiger partial charge in [-0.05, 0) is 49.2 Å². The van der Waals surface area contributed by atoms with Gasteiger partial charge in [-0.1, -0.05) is 11.6 Å². The molecule has 0 aliphatic carbocycles. The second kappa shape index (κ2) is 7.83. The fraction of sp³-hybridized carbons (Fsp3) is 0.263. The number of halogens is 3. The fourth-order valence-electron chi connectivity index (χ4n) is 2.98. The molecule has 1 saturated heterocycles. The van der Waals surface area contributed by atoms with Gasteiger partial charge < -0.3 is 10.2 Å². The lowest BCUT2D eigenvalue weighted by Crippen LogP contribution is -2.43. The van der Waals surface area contributed by atoms with E-state index in [0.717, 1.165) is 18.2 Å². The fourth-order valence-corrected chi connectivity index (χ4v) is 3.10. The van der Waals surface area contributed by atoms with Crippen molar-refractivity contribution in [1.82, 2.24) is 4.90 Å². The zero-order chi connectivity index (χ0) is 18.7. The minimum atomic E-state index is -0.704. The van der Waals surface area contributed by atoms with Crippen molar-refractivity contribution in [2.45, 2.75) is 12.8 Å². The second-order valence-electron chi connectivity index (χ2n) is 6.21. The highest BCUT2D eigenvalue weighted by atomic mass is 35.5. The smallest absolute Gasteiger partial charge is 0.253 e. The molecule has 0 radical (unpaired) electrons. The Hall–Kier alpha value is -2.47. The minimum absolute atomic E-state index is 0.184. The molecule has 0 aromatic heterocycles. The van der Waals surface area contributed by atoms with Gasteiger partial charge in [0.15, 0.2) is 0 Å². The van der Waals surface area contributed by atoms with E-state index in [1.54, 1.807) is 29.2 Å². The lowest BCUT2D eigenvalue weighted by atomic mass is 9.96. The standard InChI is InChI=1S/C19H17ClF2N2O2/c20-14-5-3-12(4-6-14)19(26)24-9-1-2-13(11-24)18(25)23-17-10-15(21)7-8-16(17)22/h3-8,10,13H,1-2,9,11H2,(H,23,25)/t13-/m0/s1. The van der Waals surface area contributed by atoms with Crippen LogP contribution in [-0.2, 0) is 4.79 Å². The third kappa shape index (κ3) is 4.19. The van der Waals surface area contributed by atoms with Gasteiger partial charge in [0.1, 0.15) is 11.6 Å². The summed E-state index contributed by atoms with van der Waals surface area (Å²) >= 11 is 5.83. The van der Waals surface area contributed by atoms with Gasteiger partial charge in [0.2, 0.25) is 5.91 Å². The number of piperidine rings is 1. The molecular weight excluding hydrogens is 362 g/mol. The summed E-state index contributed by atoms with van der Waals surface area (Å²) in [5.41, 5.74) is 0.294. The normalized spacial score (nSPS) is 17.0. The van der Waals surface area contributed by atoms with E-state index in [2.05, 4.69) is 5.32 Å². The molecule has 1 atom stereocenters. The molecule has 1 fully saturated rings. The van der Waals surface area contributed by atoms with Crippen molar-refractivity contribution in [1.29, 1.82) is 0 Å². The van der Waals surface area contributed by atoms with Crippen LogP contribution in [0.15, 0.2) is 42.5 Å². The van der Waals surface area contributed by atoms with Crippen molar-refractivity contribution in [2.24, 2.45) is 5.92 Å². The molecule has 7 heteroatoms. The zero-order valence-electron chi connectivity index (χ0n) is 13.8. The van der Waals surface area contributed by atoms with E-state index in [4.69, 9.17) is 11.6 Å². The largest absolute Gasteiger partial charge is 0.338 e. The summed E-state index contributed by atoms with van der Waals surface area (Å²) in [6, 6.07) is 9.42. The number of benzene rings is 2. The summed E-state index contributed by atoms with van der Waals surface area (Å²) in [5.74, 6) is -2.43. The molecule has 1 aliphatic heterocycles. The lowest BCUT2D eigenvalue weighted by Gasteiger charge is -2.32. The van der Waals surface area contributed by atoms with E-state index in [-0.39, 0.29) is 18.1 Å². The van der Waals surface area contributed by atoms with Crippen molar-refractivity contribution in [3.8, 4) is 0 Å². The average molecular weight is 379 g/mol. The van der Waals surface area contributed by atoms with Gasteiger partial charge in [-0.15, -0.1) is 0 Å². The zero-order valence-corrected chi connectivity index (χ0v) is 14.6. The van der Waals surface area contributed by atoms with Crippen LogP contribution in [0.3, 0.4) is 0 Å². The van der Waals surface area contributed by atoms with Gasteiger partial charge in [0.25, 0.3) is 5.91 Å². The van der Waals surface area contributed by atoms with Gasteiger partial charge in [-0.2, -0.15) is 0 Å². The number of carbonyl (C=O) groups is 2. The highest BCUT2D eigenvalue weighted by molar-refractivity contribution is 6.30. The summed E-state index contributed by atoms with van der Waals surface area (Å²) in [5, 5.41) is 2.95. The molecule has 4 nitrogen and oxygen atoms in total. The summed E-state index contributed by atoms with van der Waals surface area (Å²) in [6.07, 6.45) is 1.23. The quantitative estimate of drug-likeness (QED) is 0.873. The van der Waals surface area contributed by atoms with E-state index < -0.39 is 23.5 Å². The molecule has 3 rings (SSSR count). The lowest BCUT2D eigenvalue weighted by molar-refractivity contribution is -0.121. The molecule has 0 bridgehead atoms. The number of likely N-dealkylation sites (tertiary alicyclic amines) is 1. The molecule has 1 N–H and O–H groups in total. The number of carbonyl (C=O) groups excluding carboxylic acids is 2. The summed E-state index contributed by atoms with van der Waals surface area (Å²) in [6.45, 7) is 0.768. The maximum absolute atomic E-state index is 13.7. The Morgan fingerprint density at radius 3 is 2.58 bits per heavy atom. The number of hydrogen-bond donors (Lipinski definition) is 1. The van der Waals surface area contributed by atoms with Crippen LogP contribution in [0.2, 0.25) is 5.02 Å². The Morgan fingerprint density at radius 1 is 1.12 bits per heavy atom. The van der Waals surface area contributed by atoms with Crippen LogP contribution in [0.1, 0.15) is 23.2 Å². The van der Waals surface area contributed by atoms with Crippen LogP contribution in [0.5, 0.6) is 0 Å². The van der Waals surface area contributed by atoms with Crippen LogP contribution in [0.4, 0.5) is 14.5 Å². The Kier molecular flexibility index (Phi) is 5.52. The molecule has 0 unspecified atom stereocenters. The molecular formula is C19H17ClF2N2O2. The van der Waals surface area contributed by atoms with Crippen molar-refractivity contribution in [2.75, 3.05) is 18.4 Å². The first-order valence-electron chi connectivity index (χ1n) is 8.25. The Morgan fingerprint density at radius 2 is 1.85 bits per heavy atom. The third-order valence-electron chi connectivity index (χ3n) is 4.36. The number of nitrogens with zero attached hydrogens (tertiary/aromatic N) is 1. The highest BCUT2D eigenvalue weighted by Gasteiger charge is 2.29.